The number of rotatable bonds is 4. The topological polar surface area (TPSA) is 37.4 Å². The second kappa shape index (κ2) is 5.49. The minimum Gasteiger partial charge on any atom is -0.206 e. The van der Waals surface area contributed by atoms with Gasteiger partial charge in [-0.1, -0.05) is 20.8 Å². The quantitative estimate of drug-likeness (QED) is 0.798. The third-order valence-corrected chi connectivity index (χ3v) is 6.92. The first-order chi connectivity index (χ1) is 8.10. The Morgan fingerprint density at radius 3 is 2.39 bits per heavy atom. The first-order valence-corrected chi connectivity index (χ1v) is 8.57. The molecule has 0 fully saturated rings. The lowest BCUT2D eigenvalue weighted by atomic mass is 9.88. The van der Waals surface area contributed by atoms with Crippen molar-refractivity contribution in [2.45, 2.75) is 43.8 Å². The second-order valence-corrected chi connectivity index (χ2v) is 8.87. The Bertz CT molecular complexity index is 502. The van der Waals surface area contributed by atoms with Gasteiger partial charge in [-0.3, -0.25) is 0 Å². The molecule has 0 saturated heterocycles. The third-order valence-electron chi connectivity index (χ3n) is 3.22. The van der Waals surface area contributed by atoms with Crippen LogP contribution in [0.2, 0.25) is 0 Å². The fourth-order valence-corrected chi connectivity index (χ4v) is 4.64. The third kappa shape index (κ3) is 3.26. The second-order valence-electron chi connectivity index (χ2n) is 5.47. The molecule has 1 aromatic rings. The molecule has 1 unspecified atom stereocenters. The lowest BCUT2D eigenvalue weighted by molar-refractivity contribution is 0.217. The Balaban J connectivity index is 3.07. The van der Waals surface area contributed by atoms with Crippen molar-refractivity contribution < 1.29 is 8.42 Å². The van der Waals surface area contributed by atoms with E-state index in [2.05, 4.69) is 0 Å². The SMILES string of the molecule is CC(N(C)S(=O)(=O)c1cc(CCl)cs1)C(C)(C)C. The van der Waals surface area contributed by atoms with E-state index in [1.807, 2.05) is 27.7 Å². The van der Waals surface area contributed by atoms with Gasteiger partial charge in [-0.05, 0) is 29.3 Å². The van der Waals surface area contributed by atoms with Crippen molar-refractivity contribution in [2.24, 2.45) is 5.41 Å². The molecule has 6 heteroatoms. The van der Waals surface area contributed by atoms with E-state index in [0.29, 0.717) is 10.1 Å². The maximum absolute atomic E-state index is 12.4. The van der Waals surface area contributed by atoms with Crippen molar-refractivity contribution in [3.8, 4) is 0 Å². The maximum atomic E-state index is 12.4. The molecule has 0 amide bonds. The normalized spacial score (nSPS) is 15.1. The van der Waals surface area contributed by atoms with E-state index in [-0.39, 0.29) is 11.5 Å². The van der Waals surface area contributed by atoms with Crippen molar-refractivity contribution in [3.63, 3.8) is 0 Å². The van der Waals surface area contributed by atoms with Gasteiger partial charge in [0.15, 0.2) is 0 Å². The summed E-state index contributed by atoms with van der Waals surface area (Å²) in [6.07, 6.45) is 0. The summed E-state index contributed by atoms with van der Waals surface area (Å²) in [6, 6.07) is 1.57. The summed E-state index contributed by atoms with van der Waals surface area (Å²) in [5.74, 6) is 0.338. The largest absolute Gasteiger partial charge is 0.252 e. The van der Waals surface area contributed by atoms with Crippen molar-refractivity contribution in [1.82, 2.24) is 4.31 Å². The van der Waals surface area contributed by atoms with Gasteiger partial charge in [-0.15, -0.1) is 22.9 Å². The molecule has 0 radical (unpaired) electrons. The molecule has 18 heavy (non-hydrogen) atoms. The van der Waals surface area contributed by atoms with E-state index < -0.39 is 10.0 Å². The maximum Gasteiger partial charge on any atom is 0.252 e. The van der Waals surface area contributed by atoms with Crippen LogP contribution in [0, 0.1) is 5.41 Å². The van der Waals surface area contributed by atoms with Crippen molar-refractivity contribution in [2.75, 3.05) is 7.05 Å². The molecule has 1 atom stereocenters. The van der Waals surface area contributed by atoms with Gasteiger partial charge >= 0.3 is 0 Å². The zero-order valence-electron chi connectivity index (χ0n) is 11.4. The van der Waals surface area contributed by atoms with Gasteiger partial charge in [0.05, 0.1) is 0 Å². The van der Waals surface area contributed by atoms with Crippen LogP contribution in [0.1, 0.15) is 33.3 Å². The van der Waals surface area contributed by atoms with Gasteiger partial charge in [-0.2, -0.15) is 4.31 Å². The fourth-order valence-electron chi connectivity index (χ4n) is 1.45. The number of halogens is 1. The van der Waals surface area contributed by atoms with E-state index in [1.54, 1.807) is 18.5 Å². The van der Waals surface area contributed by atoms with Crippen LogP contribution in [0.15, 0.2) is 15.7 Å². The fraction of sp³-hybridized carbons (Fsp3) is 0.667. The van der Waals surface area contributed by atoms with E-state index >= 15 is 0 Å². The highest BCUT2D eigenvalue weighted by Crippen LogP contribution is 2.30. The average molecular weight is 310 g/mol. The van der Waals surface area contributed by atoms with E-state index in [0.717, 1.165) is 5.56 Å². The molecule has 1 aromatic heterocycles. The molecule has 0 aromatic carbocycles. The summed E-state index contributed by atoms with van der Waals surface area (Å²) >= 11 is 6.93. The summed E-state index contributed by atoms with van der Waals surface area (Å²) in [5.41, 5.74) is 0.742. The predicted octanol–water partition coefficient (Wildman–Crippen LogP) is 3.54. The molecule has 0 aliphatic heterocycles. The number of hydrogen-bond acceptors (Lipinski definition) is 3. The van der Waals surface area contributed by atoms with Crippen LogP contribution in [0.25, 0.3) is 0 Å². The Morgan fingerprint density at radius 1 is 1.44 bits per heavy atom. The smallest absolute Gasteiger partial charge is 0.206 e. The molecule has 0 bridgehead atoms. The molecule has 0 aliphatic rings. The van der Waals surface area contributed by atoms with Crippen molar-refractivity contribution in [1.29, 1.82) is 0 Å². The standard InChI is InChI=1S/C12H20ClNO2S2/c1-9(12(2,3)4)14(5)18(15,16)11-6-10(7-13)8-17-11/h6,8-9H,7H2,1-5H3. The number of alkyl halides is 1. The summed E-state index contributed by atoms with van der Waals surface area (Å²) in [6.45, 7) is 8.01. The van der Waals surface area contributed by atoms with Gasteiger partial charge in [-0.25, -0.2) is 8.42 Å². The van der Waals surface area contributed by atoms with Gasteiger partial charge in [0.2, 0.25) is 0 Å². The van der Waals surface area contributed by atoms with Gasteiger partial charge in [0.1, 0.15) is 4.21 Å². The molecule has 0 saturated carbocycles. The summed E-state index contributed by atoms with van der Waals surface area (Å²) in [7, 11) is -1.79. The van der Waals surface area contributed by atoms with Gasteiger partial charge < -0.3 is 0 Å². The molecule has 0 spiro atoms. The molecule has 3 nitrogen and oxygen atoms in total. The minimum absolute atomic E-state index is 0.0796. The number of sulfonamides is 1. The summed E-state index contributed by atoms with van der Waals surface area (Å²) in [5, 5.41) is 1.79. The highest BCUT2D eigenvalue weighted by atomic mass is 35.5. The Labute approximate surface area is 119 Å². The van der Waals surface area contributed by atoms with E-state index in [4.69, 9.17) is 11.6 Å². The summed E-state index contributed by atoms with van der Waals surface area (Å²) < 4.78 is 26.7. The molecular weight excluding hydrogens is 290 g/mol. The van der Waals surface area contributed by atoms with Gasteiger partial charge in [0, 0.05) is 19.0 Å². The first-order valence-electron chi connectivity index (χ1n) is 5.72. The number of hydrogen-bond donors (Lipinski definition) is 0. The zero-order chi connectivity index (χ0) is 14.1. The number of thiophene rings is 1. The van der Waals surface area contributed by atoms with Crippen molar-refractivity contribution >= 4 is 33.0 Å². The van der Waals surface area contributed by atoms with E-state index in [1.165, 1.54) is 15.6 Å². The molecular formula is C12H20ClNO2S2. The number of nitrogens with zero attached hydrogens (tertiary/aromatic N) is 1. The van der Waals surface area contributed by atoms with Gasteiger partial charge in [0.25, 0.3) is 10.0 Å². The van der Waals surface area contributed by atoms with Crippen LogP contribution in [-0.4, -0.2) is 25.8 Å². The molecule has 0 N–H and O–H groups in total. The molecule has 1 heterocycles. The zero-order valence-corrected chi connectivity index (χ0v) is 13.8. The highest BCUT2D eigenvalue weighted by molar-refractivity contribution is 7.91. The lowest BCUT2D eigenvalue weighted by Crippen LogP contribution is -2.42. The van der Waals surface area contributed by atoms with E-state index in [9.17, 15) is 8.42 Å². The summed E-state index contributed by atoms with van der Waals surface area (Å²) in [4.78, 5) is 0. The first kappa shape index (κ1) is 16.0. The molecule has 0 aliphatic carbocycles. The van der Waals surface area contributed by atoms with Crippen LogP contribution in [0.4, 0.5) is 0 Å². The lowest BCUT2D eigenvalue weighted by Gasteiger charge is -2.34. The highest BCUT2D eigenvalue weighted by Gasteiger charge is 2.33. The monoisotopic (exact) mass is 309 g/mol. The minimum atomic E-state index is -3.42. The van der Waals surface area contributed by atoms with Crippen LogP contribution >= 0.6 is 22.9 Å². The van der Waals surface area contributed by atoms with Crippen LogP contribution < -0.4 is 0 Å². The Hall–Kier alpha value is -0.100. The predicted molar refractivity (Wildman–Crippen MR) is 77.7 cm³/mol. The molecule has 104 valence electrons. The molecule has 1 rings (SSSR count). The van der Waals surface area contributed by atoms with Crippen LogP contribution in [-0.2, 0) is 15.9 Å². The van der Waals surface area contributed by atoms with Crippen LogP contribution in [0.3, 0.4) is 0 Å². The average Bonchev–Trinajstić information content (AvgIpc) is 2.74. The van der Waals surface area contributed by atoms with Crippen LogP contribution in [0.5, 0.6) is 0 Å². The Kier molecular flexibility index (Phi) is 4.87. The Morgan fingerprint density at radius 2 is 2.00 bits per heavy atom. The van der Waals surface area contributed by atoms with Crippen molar-refractivity contribution in [3.05, 3.63) is 17.0 Å².